The van der Waals surface area contributed by atoms with Crippen molar-refractivity contribution in [3.63, 3.8) is 0 Å². The molecule has 1 N–H and O–H groups in total. The van der Waals surface area contributed by atoms with E-state index >= 15 is 0 Å². The van der Waals surface area contributed by atoms with E-state index in [0.29, 0.717) is 6.54 Å². The van der Waals surface area contributed by atoms with E-state index in [2.05, 4.69) is 22.3 Å². The van der Waals surface area contributed by atoms with Crippen LogP contribution in [0.2, 0.25) is 0 Å². The van der Waals surface area contributed by atoms with Crippen molar-refractivity contribution in [2.24, 2.45) is 0 Å². The van der Waals surface area contributed by atoms with Crippen molar-refractivity contribution in [2.45, 2.75) is 26.4 Å². The van der Waals surface area contributed by atoms with Crippen molar-refractivity contribution in [3.8, 4) is 0 Å². The molecule has 4 nitrogen and oxygen atoms in total. The monoisotopic (exact) mass is 284 g/mol. The van der Waals surface area contributed by atoms with E-state index in [1.54, 1.807) is 16.6 Å². The minimum absolute atomic E-state index is 0.139. The van der Waals surface area contributed by atoms with E-state index in [0.717, 1.165) is 22.5 Å². The Kier molecular flexibility index (Phi) is 3.66. The van der Waals surface area contributed by atoms with Gasteiger partial charge in [0.25, 0.3) is 0 Å². The lowest BCUT2D eigenvalue weighted by Crippen LogP contribution is -2.18. The molecule has 0 aliphatic heterocycles. The third kappa shape index (κ3) is 3.08. The van der Waals surface area contributed by atoms with Gasteiger partial charge in [0, 0.05) is 36.6 Å². The molecule has 0 saturated heterocycles. The van der Waals surface area contributed by atoms with Gasteiger partial charge < -0.3 is 5.32 Å². The highest BCUT2D eigenvalue weighted by atomic mass is 19.1. The normalized spacial score (nSPS) is 12.7. The fraction of sp³-hybridized carbons (Fsp3) is 0.250. The zero-order valence-electron chi connectivity index (χ0n) is 12.0. The van der Waals surface area contributed by atoms with Crippen LogP contribution in [0, 0.1) is 12.7 Å². The Morgan fingerprint density at radius 1 is 1.29 bits per heavy atom. The van der Waals surface area contributed by atoms with Crippen LogP contribution >= 0.6 is 0 Å². The molecule has 0 unspecified atom stereocenters. The Bertz CT molecular complexity index is 749. The van der Waals surface area contributed by atoms with E-state index in [1.165, 1.54) is 12.1 Å². The van der Waals surface area contributed by atoms with Crippen molar-refractivity contribution in [2.75, 3.05) is 0 Å². The molecule has 5 heteroatoms. The first-order chi connectivity index (χ1) is 10.1. The standard InChI is InChI=1S/C16H17FN4/c1-11-7-16-19-9-13(10-21(16)20-11)8-18-12(2)14-3-5-15(17)6-4-14/h3-7,9-10,12,18H,8H2,1-2H3/t12-/m1/s1. The van der Waals surface area contributed by atoms with Gasteiger partial charge in [-0.25, -0.2) is 13.9 Å². The first-order valence-corrected chi connectivity index (χ1v) is 6.91. The Morgan fingerprint density at radius 2 is 2.05 bits per heavy atom. The van der Waals surface area contributed by atoms with Gasteiger partial charge in [-0.1, -0.05) is 12.1 Å². The van der Waals surface area contributed by atoms with Crippen molar-refractivity contribution in [1.29, 1.82) is 0 Å². The minimum atomic E-state index is -0.213. The summed E-state index contributed by atoms with van der Waals surface area (Å²) in [6, 6.07) is 8.64. The molecule has 0 bridgehead atoms. The summed E-state index contributed by atoms with van der Waals surface area (Å²) in [5.74, 6) is -0.213. The molecule has 1 atom stereocenters. The highest BCUT2D eigenvalue weighted by molar-refractivity contribution is 5.38. The number of aromatic nitrogens is 3. The quantitative estimate of drug-likeness (QED) is 0.800. The molecule has 0 saturated carbocycles. The second-order valence-corrected chi connectivity index (χ2v) is 5.20. The number of nitrogens with zero attached hydrogens (tertiary/aromatic N) is 3. The second-order valence-electron chi connectivity index (χ2n) is 5.20. The maximum Gasteiger partial charge on any atom is 0.155 e. The van der Waals surface area contributed by atoms with Gasteiger partial charge in [0.15, 0.2) is 5.65 Å². The molecule has 0 radical (unpaired) electrons. The predicted octanol–water partition coefficient (Wildman–Crippen LogP) is 3.03. The van der Waals surface area contributed by atoms with Crippen molar-refractivity contribution in [3.05, 3.63) is 65.4 Å². The minimum Gasteiger partial charge on any atom is -0.306 e. The van der Waals surface area contributed by atoms with Crippen LogP contribution in [-0.4, -0.2) is 14.6 Å². The fourth-order valence-electron chi connectivity index (χ4n) is 2.27. The summed E-state index contributed by atoms with van der Waals surface area (Å²) in [6.07, 6.45) is 3.82. The van der Waals surface area contributed by atoms with Crippen LogP contribution in [-0.2, 0) is 6.54 Å². The zero-order valence-corrected chi connectivity index (χ0v) is 12.0. The third-order valence-corrected chi connectivity index (χ3v) is 3.47. The molecule has 2 heterocycles. The third-order valence-electron chi connectivity index (χ3n) is 3.47. The van der Waals surface area contributed by atoms with Crippen LogP contribution in [0.15, 0.2) is 42.7 Å². The lowest BCUT2D eigenvalue weighted by molar-refractivity contribution is 0.568. The van der Waals surface area contributed by atoms with Crippen LogP contribution < -0.4 is 5.32 Å². The van der Waals surface area contributed by atoms with Crippen molar-refractivity contribution >= 4 is 5.65 Å². The molecule has 0 amide bonds. The number of nitrogens with one attached hydrogen (secondary N) is 1. The number of benzene rings is 1. The van der Waals surface area contributed by atoms with E-state index in [9.17, 15) is 4.39 Å². The highest BCUT2D eigenvalue weighted by Crippen LogP contribution is 2.14. The Labute approximate surface area is 122 Å². The molecular weight excluding hydrogens is 267 g/mol. The lowest BCUT2D eigenvalue weighted by atomic mass is 10.1. The fourth-order valence-corrected chi connectivity index (χ4v) is 2.27. The first kappa shape index (κ1) is 13.7. The summed E-state index contributed by atoms with van der Waals surface area (Å²) in [4.78, 5) is 4.38. The molecule has 0 spiro atoms. The van der Waals surface area contributed by atoms with Crippen LogP contribution in [0.4, 0.5) is 4.39 Å². The SMILES string of the molecule is Cc1cc2ncc(CN[C@H](C)c3ccc(F)cc3)cn2n1. The van der Waals surface area contributed by atoms with Gasteiger partial charge in [0.2, 0.25) is 0 Å². The number of fused-ring (bicyclic) bond motifs is 1. The Morgan fingerprint density at radius 3 is 2.81 bits per heavy atom. The van der Waals surface area contributed by atoms with Crippen LogP contribution in [0.5, 0.6) is 0 Å². The van der Waals surface area contributed by atoms with Gasteiger partial charge in [-0.2, -0.15) is 5.10 Å². The zero-order chi connectivity index (χ0) is 14.8. The van der Waals surface area contributed by atoms with E-state index < -0.39 is 0 Å². The van der Waals surface area contributed by atoms with E-state index in [4.69, 9.17) is 0 Å². The Balaban J connectivity index is 1.69. The van der Waals surface area contributed by atoms with Crippen molar-refractivity contribution in [1.82, 2.24) is 19.9 Å². The van der Waals surface area contributed by atoms with Gasteiger partial charge in [-0.05, 0) is 31.5 Å². The summed E-state index contributed by atoms with van der Waals surface area (Å²) in [5, 5.41) is 7.76. The largest absolute Gasteiger partial charge is 0.306 e. The second kappa shape index (κ2) is 5.61. The van der Waals surface area contributed by atoms with Crippen LogP contribution in [0.1, 0.15) is 29.8 Å². The summed E-state index contributed by atoms with van der Waals surface area (Å²) in [6.45, 7) is 4.68. The molecule has 0 aliphatic carbocycles. The van der Waals surface area contributed by atoms with Crippen LogP contribution in [0.25, 0.3) is 5.65 Å². The lowest BCUT2D eigenvalue weighted by Gasteiger charge is -2.14. The first-order valence-electron chi connectivity index (χ1n) is 6.91. The number of hydrogen-bond acceptors (Lipinski definition) is 3. The molecule has 3 rings (SSSR count). The number of rotatable bonds is 4. The number of halogens is 1. The van der Waals surface area contributed by atoms with Gasteiger partial charge in [-0.15, -0.1) is 0 Å². The predicted molar refractivity (Wildman–Crippen MR) is 79.4 cm³/mol. The van der Waals surface area contributed by atoms with E-state index in [1.807, 2.05) is 25.4 Å². The molecule has 1 aromatic carbocycles. The summed E-state index contributed by atoms with van der Waals surface area (Å²) < 4.78 is 14.7. The average Bonchev–Trinajstić information content (AvgIpc) is 2.84. The van der Waals surface area contributed by atoms with Gasteiger partial charge >= 0.3 is 0 Å². The van der Waals surface area contributed by atoms with Gasteiger partial charge in [-0.3, -0.25) is 0 Å². The molecule has 21 heavy (non-hydrogen) atoms. The van der Waals surface area contributed by atoms with Gasteiger partial charge in [0.05, 0.1) is 5.69 Å². The number of aryl methyl sites for hydroxylation is 1. The average molecular weight is 284 g/mol. The molecular formula is C16H17FN4. The molecule has 3 aromatic rings. The van der Waals surface area contributed by atoms with Gasteiger partial charge in [0.1, 0.15) is 5.82 Å². The summed E-state index contributed by atoms with van der Waals surface area (Å²) in [7, 11) is 0. The maximum atomic E-state index is 12.9. The number of hydrogen-bond donors (Lipinski definition) is 1. The molecule has 0 aliphatic rings. The summed E-state index contributed by atoms with van der Waals surface area (Å²) >= 11 is 0. The van der Waals surface area contributed by atoms with E-state index in [-0.39, 0.29) is 11.9 Å². The highest BCUT2D eigenvalue weighted by Gasteiger charge is 2.06. The summed E-state index contributed by atoms with van der Waals surface area (Å²) in [5.41, 5.74) is 3.91. The Hall–Kier alpha value is -2.27. The molecule has 2 aromatic heterocycles. The van der Waals surface area contributed by atoms with Crippen LogP contribution in [0.3, 0.4) is 0 Å². The maximum absolute atomic E-state index is 12.9. The van der Waals surface area contributed by atoms with Crippen molar-refractivity contribution < 1.29 is 4.39 Å². The molecule has 108 valence electrons. The topological polar surface area (TPSA) is 42.2 Å². The smallest absolute Gasteiger partial charge is 0.155 e. The molecule has 0 fully saturated rings.